The molecule has 1 atom stereocenters. The molecule has 0 aliphatic carbocycles. The Kier molecular flexibility index (Phi) is 9.72. The molecule has 0 saturated heterocycles. The van der Waals surface area contributed by atoms with E-state index in [-0.39, 0.29) is 18.1 Å². The first-order chi connectivity index (χ1) is 15.7. The van der Waals surface area contributed by atoms with Gasteiger partial charge in [0.1, 0.15) is 18.3 Å². The number of carbonyl (C=O) groups is 2. The van der Waals surface area contributed by atoms with Gasteiger partial charge in [-0.25, -0.2) is 8.42 Å². The summed E-state index contributed by atoms with van der Waals surface area (Å²) < 4.78 is 31.6. The minimum Gasteiger partial charge on any atom is -0.495 e. The third kappa shape index (κ3) is 7.21. The minimum absolute atomic E-state index is 0.260. The molecule has 0 radical (unpaired) electrons. The summed E-state index contributed by atoms with van der Waals surface area (Å²) in [6.45, 7) is 3.92. The molecule has 0 bridgehead atoms. The van der Waals surface area contributed by atoms with Gasteiger partial charge in [-0.05, 0) is 37.5 Å². The highest BCUT2D eigenvalue weighted by Gasteiger charge is 2.32. The molecule has 2 amide bonds. The van der Waals surface area contributed by atoms with Gasteiger partial charge in [0, 0.05) is 13.1 Å². The highest BCUT2D eigenvalue weighted by Crippen LogP contribution is 2.29. The molecule has 2 rings (SSSR count). The van der Waals surface area contributed by atoms with Crippen molar-refractivity contribution in [3.63, 3.8) is 0 Å². The van der Waals surface area contributed by atoms with Crippen molar-refractivity contribution in [1.82, 2.24) is 10.2 Å². The second-order valence-electron chi connectivity index (χ2n) is 7.58. The Balaban J connectivity index is 2.38. The molecular formula is C24H33N3O5S. The van der Waals surface area contributed by atoms with Crippen molar-refractivity contribution >= 4 is 27.5 Å². The van der Waals surface area contributed by atoms with E-state index < -0.39 is 28.5 Å². The van der Waals surface area contributed by atoms with Gasteiger partial charge in [-0.2, -0.15) is 0 Å². The third-order valence-corrected chi connectivity index (χ3v) is 6.38. The van der Waals surface area contributed by atoms with Crippen LogP contribution in [-0.2, 0) is 26.0 Å². The molecule has 0 unspecified atom stereocenters. The van der Waals surface area contributed by atoms with E-state index in [0.29, 0.717) is 25.1 Å². The fourth-order valence-corrected chi connectivity index (χ4v) is 4.47. The maximum Gasteiger partial charge on any atom is 0.244 e. The van der Waals surface area contributed by atoms with Crippen molar-refractivity contribution in [3.05, 3.63) is 60.2 Å². The molecule has 2 aromatic rings. The maximum absolute atomic E-state index is 13.5. The SMILES string of the molecule is CCNC(=O)[C@@H](CC)N(CCc1ccccc1)C(=O)CN(c1ccccc1OC)S(C)(=O)=O. The zero-order valence-corrected chi connectivity index (χ0v) is 20.5. The van der Waals surface area contributed by atoms with Crippen LogP contribution in [0, 0.1) is 0 Å². The van der Waals surface area contributed by atoms with Gasteiger partial charge < -0.3 is 15.0 Å². The van der Waals surface area contributed by atoms with Crippen molar-refractivity contribution in [3.8, 4) is 5.75 Å². The average Bonchev–Trinajstić information content (AvgIpc) is 2.80. The zero-order chi connectivity index (χ0) is 24.4. The Labute approximate surface area is 196 Å². The number of rotatable bonds is 12. The van der Waals surface area contributed by atoms with E-state index >= 15 is 0 Å². The molecule has 2 aromatic carbocycles. The number of anilines is 1. The Morgan fingerprint density at radius 2 is 1.67 bits per heavy atom. The molecule has 1 N–H and O–H groups in total. The molecule has 8 nitrogen and oxygen atoms in total. The van der Waals surface area contributed by atoms with Crippen LogP contribution >= 0.6 is 0 Å². The summed E-state index contributed by atoms with van der Waals surface area (Å²) >= 11 is 0. The lowest BCUT2D eigenvalue weighted by atomic mass is 10.1. The second kappa shape index (κ2) is 12.2. The Bertz CT molecular complexity index is 1030. The van der Waals surface area contributed by atoms with Crippen LogP contribution in [0.15, 0.2) is 54.6 Å². The Morgan fingerprint density at radius 1 is 1.03 bits per heavy atom. The minimum atomic E-state index is -3.80. The van der Waals surface area contributed by atoms with E-state index in [4.69, 9.17) is 4.74 Å². The van der Waals surface area contributed by atoms with Gasteiger partial charge >= 0.3 is 0 Å². The number of benzene rings is 2. The lowest BCUT2D eigenvalue weighted by Crippen LogP contribution is -2.53. The molecule has 33 heavy (non-hydrogen) atoms. The van der Waals surface area contributed by atoms with Crippen molar-refractivity contribution in [2.24, 2.45) is 0 Å². The Morgan fingerprint density at radius 3 is 2.24 bits per heavy atom. The monoisotopic (exact) mass is 475 g/mol. The largest absolute Gasteiger partial charge is 0.495 e. The standard InChI is InChI=1S/C24H33N3O5S/c1-5-20(24(29)25-6-2)26(17-16-19-12-8-7-9-13-19)23(28)18-27(33(4,30)31)21-14-10-11-15-22(21)32-3/h7-15,20H,5-6,16-18H2,1-4H3,(H,25,29)/t20-/m1/s1. The van der Waals surface area contributed by atoms with Crippen LogP contribution in [0.5, 0.6) is 5.75 Å². The number of methoxy groups -OCH3 is 1. The molecule has 9 heteroatoms. The van der Waals surface area contributed by atoms with Crippen LogP contribution < -0.4 is 14.4 Å². The van der Waals surface area contributed by atoms with Gasteiger partial charge in [0.25, 0.3) is 0 Å². The molecule has 0 aromatic heterocycles. The number of ether oxygens (including phenoxy) is 1. The number of carbonyl (C=O) groups excluding carboxylic acids is 2. The molecule has 180 valence electrons. The van der Waals surface area contributed by atoms with Gasteiger partial charge in [-0.3, -0.25) is 13.9 Å². The van der Waals surface area contributed by atoms with Crippen LogP contribution in [0.25, 0.3) is 0 Å². The lowest BCUT2D eigenvalue weighted by Gasteiger charge is -2.33. The summed E-state index contributed by atoms with van der Waals surface area (Å²) in [4.78, 5) is 27.7. The molecule has 0 aliphatic rings. The van der Waals surface area contributed by atoms with Gasteiger partial charge in [-0.15, -0.1) is 0 Å². The topological polar surface area (TPSA) is 96.0 Å². The molecule has 0 saturated carbocycles. The van der Waals surface area contributed by atoms with E-state index in [0.717, 1.165) is 16.1 Å². The number of nitrogens with zero attached hydrogens (tertiary/aromatic N) is 2. The zero-order valence-electron chi connectivity index (χ0n) is 19.7. The number of hydrogen-bond donors (Lipinski definition) is 1. The fourth-order valence-electron chi connectivity index (χ4n) is 3.62. The summed E-state index contributed by atoms with van der Waals surface area (Å²) in [5.41, 5.74) is 1.29. The van der Waals surface area contributed by atoms with Gasteiger partial charge in [0.15, 0.2) is 0 Å². The maximum atomic E-state index is 13.5. The molecule has 0 heterocycles. The van der Waals surface area contributed by atoms with Crippen molar-refractivity contribution in [2.75, 3.05) is 37.3 Å². The van der Waals surface area contributed by atoms with Crippen LogP contribution in [0.4, 0.5) is 5.69 Å². The number of likely N-dealkylation sites (N-methyl/N-ethyl adjacent to an activating group) is 1. The van der Waals surface area contributed by atoms with E-state index in [1.54, 1.807) is 24.3 Å². The summed E-state index contributed by atoms with van der Waals surface area (Å²) in [7, 11) is -2.36. The first kappa shape index (κ1) is 26.2. The number of para-hydroxylation sites is 2. The predicted octanol–water partition coefficient (Wildman–Crippen LogP) is 2.45. The van der Waals surface area contributed by atoms with Crippen LogP contribution in [0.1, 0.15) is 25.8 Å². The number of amides is 2. The van der Waals surface area contributed by atoms with Crippen LogP contribution in [-0.4, -0.2) is 64.2 Å². The lowest BCUT2D eigenvalue weighted by molar-refractivity contribution is -0.139. The summed E-state index contributed by atoms with van der Waals surface area (Å²) in [5.74, 6) is -0.382. The van der Waals surface area contributed by atoms with E-state index in [9.17, 15) is 18.0 Å². The van der Waals surface area contributed by atoms with Crippen LogP contribution in [0.3, 0.4) is 0 Å². The molecule has 0 aliphatic heterocycles. The number of nitrogens with one attached hydrogen (secondary N) is 1. The van der Waals surface area contributed by atoms with Crippen molar-refractivity contribution < 1.29 is 22.7 Å². The predicted molar refractivity (Wildman–Crippen MR) is 130 cm³/mol. The summed E-state index contributed by atoms with van der Waals surface area (Å²) in [5, 5.41) is 2.78. The van der Waals surface area contributed by atoms with Gasteiger partial charge in [-0.1, -0.05) is 49.4 Å². The van der Waals surface area contributed by atoms with Crippen molar-refractivity contribution in [2.45, 2.75) is 32.7 Å². The quantitative estimate of drug-likeness (QED) is 0.509. The second-order valence-corrected chi connectivity index (χ2v) is 9.49. The van der Waals surface area contributed by atoms with E-state index in [1.807, 2.05) is 44.2 Å². The normalized spacial score (nSPS) is 12.0. The highest BCUT2D eigenvalue weighted by molar-refractivity contribution is 7.92. The van der Waals surface area contributed by atoms with Crippen LogP contribution in [0.2, 0.25) is 0 Å². The summed E-state index contributed by atoms with van der Waals surface area (Å²) in [6.07, 6.45) is 1.98. The number of sulfonamides is 1. The fraction of sp³-hybridized carbons (Fsp3) is 0.417. The van der Waals surface area contributed by atoms with Gasteiger partial charge in [0.2, 0.25) is 21.8 Å². The van der Waals surface area contributed by atoms with E-state index in [2.05, 4.69) is 5.32 Å². The highest BCUT2D eigenvalue weighted by atomic mass is 32.2. The third-order valence-electron chi connectivity index (χ3n) is 5.25. The first-order valence-electron chi connectivity index (χ1n) is 10.9. The molecule has 0 spiro atoms. The summed E-state index contributed by atoms with van der Waals surface area (Å²) in [6, 6.07) is 15.5. The van der Waals surface area contributed by atoms with E-state index in [1.165, 1.54) is 12.0 Å². The van der Waals surface area contributed by atoms with Crippen molar-refractivity contribution in [1.29, 1.82) is 0 Å². The molecular weight excluding hydrogens is 442 g/mol. The smallest absolute Gasteiger partial charge is 0.244 e. The number of hydrogen-bond acceptors (Lipinski definition) is 5. The molecule has 0 fully saturated rings. The first-order valence-corrected chi connectivity index (χ1v) is 12.8. The van der Waals surface area contributed by atoms with Gasteiger partial charge in [0.05, 0.1) is 19.1 Å². The Hall–Kier alpha value is -3.07. The average molecular weight is 476 g/mol.